The van der Waals surface area contributed by atoms with Crippen LogP contribution in [0, 0.1) is 0 Å². The zero-order chi connectivity index (χ0) is 6.97. The molecule has 2 nitrogen and oxygen atoms in total. The second-order valence-corrected chi connectivity index (χ2v) is 2.20. The van der Waals surface area contributed by atoms with Crippen LogP contribution < -0.4 is 0 Å². The Morgan fingerprint density at radius 1 is 1.18 bits per heavy atom. The Labute approximate surface area is 70.4 Å². The van der Waals surface area contributed by atoms with Crippen LogP contribution in [0.15, 0.2) is 40.6 Å². The Balaban J connectivity index is 0.000000605. The Morgan fingerprint density at radius 2 is 2.00 bits per heavy atom. The number of carbonyl (C=O) groups is 1. The molecular formula is C8H6ClNO. The van der Waals surface area contributed by atoms with E-state index >= 15 is 0 Å². The molecule has 0 atom stereocenters. The predicted octanol–water partition coefficient (Wildman–Crippen LogP) is 1.44. The highest BCUT2D eigenvalue weighted by Crippen LogP contribution is 2.18. The van der Waals surface area contributed by atoms with Crippen LogP contribution in [0.4, 0.5) is 0 Å². The standard InChI is InChI=1S/C8H5NO.ClH/c10-8-2-1-6-4-9-5-7(6)3-8;/h1-5H;1H. The minimum Gasteiger partial charge on any atom is -0.290 e. The lowest BCUT2D eigenvalue weighted by molar-refractivity contribution is -0.110. The topological polar surface area (TPSA) is 29.4 Å². The maximum atomic E-state index is 10.8. The molecule has 0 aromatic rings. The lowest BCUT2D eigenvalue weighted by Crippen LogP contribution is -1.97. The van der Waals surface area contributed by atoms with E-state index < -0.39 is 0 Å². The molecule has 0 radical (unpaired) electrons. The molecule has 0 saturated heterocycles. The highest BCUT2D eigenvalue weighted by atomic mass is 35.5. The summed E-state index contributed by atoms with van der Waals surface area (Å²) in [5.41, 5.74) is 1.95. The van der Waals surface area contributed by atoms with Gasteiger partial charge < -0.3 is 0 Å². The minimum atomic E-state index is 0. The molecule has 1 aliphatic carbocycles. The van der Waals surface area contributed by atoms with Gasteiger partial charge in [0.2, 0.25) is 0 Å². The molecule has 0 unspecified atom stereocenters. The molecule has 11 heavy (non-hydrogen) atoms. The van der Waals surface area contributed by atoms with Crippen LogP contribution in [-0.2, 0) is 4.79 Å². The van der Waals surface area contributed by atoms with Crippen molar-refractivity contribution in [2.24, 2.45) is 4.99 Å². The van der Waals surface area contributed by atoms with Crippen molar-refractivity contribution >= 4 is 24.4 Å². The predicted molar refractivity (Wildman–Crippen MR) is 46.1 cm³/mol. The van der Waals surface area contributed by atoms with Crippen LogP contribution >= 0.6 is 12.4 Å². The van der Waals surface area contributed by atoms with Crippen LogP contribution in [0.2, 0.25) is 0 Å². The summed E-state index contributed by atoms with van der Waals surface area (Å²) in [4.78, 5) is 14.7. The molecule has 0 amide bonds. The van der Waals surface area contributed by atoms with Crippen LogP contribution in [0.5, 0.6) is 0 Å². The van der Waals surface area contributed by atoms with Gasteiger partial charge in [0.1, 0.15) is 0 Å². The first-order chi connectivity index (χ1) is 4.86. The van der Waals surface area contributed by atoms with Gasteiger partial charge in [0.25, 0.3) is 0 Å². The highest BCUT2D eigenvalue weighted by molar-refractivity contribution is 6.08. The van der Waals surface area contributed by atoms with E-state index in [2.05, 4.69) is 4.99 Å². The zero-order valence-electron chi connectivity index (χ0n) is 5.65. The van der Waals surface area contributed by atoms with E-state index in [4.69, 9.17) is 0 Å². The highest BCUT2D eigenvalue weighted by Gasteiger charge is 2.10. The molecule has 2 aliphatic rings. The zero-order valence-corrected chi connectivity index (χ0v) is 6.47. The van der Waals surface area contributed by atoms with Gasteiger partial charge in [0, 0.05) is 23.6 Å². The summed E-state index contributed by atoms with van der Waals surface area (Å²) in [5.74, 6) is 0.0421. The van der Waals surface area contributed by atoms with Gasteiger partial charge in [0.05, 0.1) is 0 Å². The fourth-order valence-corrected chi connectivity index (χ4v) is 0.980. The molecule has 0 spiro atoms. The van der Waals surface area contributed by atoms with E-state index in [1.807, 2.05) is 0 Å². The summed E-state index contributed by atoms with van der Waals surface area (Å²) in [6.07, 6.45) is 8.35. The number of halogens is 1. The number of hydrogen-bond donors (Lipinski definition) is 0. The molecule has 0 bridgehead atoms. The first kappa shape index (κ1) is 7.95. The van der Waals surface area contributed by atoms with Crippen molar-refractivity contribution < 1.29 is 4.79 Å². The lowest BCUT2D eigenvalue weighted by Gasteiger charge is -1.99. The van der Waals surface area contributed by atoms with Crippen molar-refractivity contribution in [3.63, 3.8) is 0 Å². The third-order valence-electron chi connectivity index (χ3n) is 1.49. The van der Waals surface area contributed by atoms with Crippen LogP contribution in [-0.4, -0.2) is 12.0 Å². The Bertz CT molecular complexity index is 310. The number of fused-ring (bicyclic) bond motifs is 1. The molecule has 0 N–H and O–H groups in total. The Morgan fingerprint density at radius 3 is 2.82 bits per heavy atom. The van der Waals surface area contributed by atoms with Gasteiger partial charge in [-0.3, -0.25) is 9.79 Å². The number of rotatable bonds is 0. The molecule has 1 heterocycles. The summed E-state index contributed by atoms with van der Waals surface area (Å²) in [6.45, 7) is 0. The van der Waals surface area contributed by atoms with Crippen molar-refractivity contribution in [1.82, 2.24) is 0 Å². The third kappa shape index (κ3) is 1.30. The average molecular weight is 168 g/mol. The average Bonchev–Trinajstić information content (AvgIpc) is 2.33. The molecule has 1 aliphatic heterocycles. The van der Waals surface area contributed by atoms with Gasteiger partial charge in [-0.2, -0.15) is 0 Å². The minimum absolute atomic E-state index is 0. The van der Waals surface area contributed by atoms with E-state index in [1.54, 1.807) is 30.6 Å². The monoisotopic (exact) mass is 167 g/mol. The molecular weight excluding hydrogens is 162 g/mol. The number of nitrogens with zero attached hydrogens (tertiary/aromatic N) is 1. The summed E-state index contributed by atoms with van der Waals surface area (Å²) < 4.78 is 0. The van der Waals surface area contributed by atoms with Gasteiger partial charge in [-0.05, 0) is 18.2 Å². The maximum Gasteiger partial charge on any atom is 0.179 e. The van der Waals surface area contributed by atoms with Crippen molar-refractivity contribution in [3.8, 4) is 0 Å². The van der Waals surface area contributed by atoms with Crippen molar-refractivity contribution in [2.45, 2.75) is 0 Å². The number of carbonyl (C=O) groups excluding carboxylic acids is 1. The molecule has 2 rings (SSSR count). The molecule has 0 aromatic carbocycles. The van der Waals surface area contributed by atoms with E-state index in [0.29, 0.717) is 0 Å². The first-order valence-electron chi connectivity index (χ1n) is 3.04. The molecule has 0 aromatic heterocycles. The summed E-state index contributed by atoms with van der Waals surface area (Å²) in [5, 5.41) is 0. The first-order valence-corrected chi connectivity index (χ1v) is 3.04. The van der Waals surface area contributed by atoms with Crippen LogP contribution in [0.3, 0.4) is 0 Å². The number of allylic oxidation sites excluding steroid dienone is 5. The fraction of sp³-hybridized carbons (Fsp3) is 0. The molecule has 0 fully saturated rings. The lowest BCUT2D eigenvalue weighted by atomic mass is 10.0. The van der Waals surface area contributed by atoms with Crippen molar-refractivity contribution in [1.29, 1.82) is 0 Å². The van der Waals surface area contributed by atoms with Crippen molar-refractivity contribution in [2.75, 3.05) is 0 Å². The van der Waals surface area contributed by atoms with E-state index in [1.165, 1.54) is 0 Å². The van der Waals surface area contributed by atoms with E-state index in [9.17, 15) is 4.79 Å². The summed E-state index contributed by atoms with van der Waals surface area (Å²) in [6, 6.07) is 0. The molecule has 3 heteroatoms. The molecule has 56 valence electrons. The Hall–Kier alpha value is -1.15. The normalized spacial score (nSPS) is 18.7. The fourth-order valence-electron chi connectivity index (χ4n) is 0.980. The van der Waals surface area contributed by atoms with Gasteiger partial charge in [-0.15, -0.1) is 12.4 Å². The van der Waals surface area contributed by atoms with E-state index in [0.717, 1.165) is 11.1 Å². The number of aliphatic imine (C=N–C) groups is 1. The molecule has 0 saturated carbocycles. The largest absolute Gasteiger partial charge is 0.290 e. The summed E-state index contributed by atoms with van der Waals surface area (Å²) >= 11 is 0. The second-order valence-electron chi connectivity index (χ2n) is 2.20. The Kier molecular flexibility index (Phi) is 2.06. The third-order valence-corrected chi connectivity index (χ3v) is 1.49. The van der Waals surface area contributed by atoms with E-state index in [-0.39, 0.29) is 18.2 Å². The van der Waals surface area contributed by atoms with Gasteiger partial charge in [-0.1, -0.05) is 0 Å². The van der Waals surface area contributed by atoms with Crippen LogP contribution in [0.25, 0.3) is 0 Å². The summed E-state index contributed by atoms with van der Waals surface area (Å²) in [7, 11) is 0. The van der Waals surface area contributed by atoms with Gasteiger partial charge in [-0.25, -0.2) is 0 Å². The van der Waals surface area contributed by atoms with Crippen molar-refractivity contribution in [3.05, 3.63) is 35.6 Å². The smallest absolute Gasteiger partial charge is 0.179 e. The van der Waals surface area contributed by atoms with Gasteiger partial charge >= 0.3 is 0 Å². The van der Waals surface area contributed by atoms with Crippen LogP contribution in [0.1, 0.15) is 0 Å². The SMILES string of the molecule is Cl.O=C1C=CC2=CN=CC2=C1. The number of ketones is 1. The second kappa shape index (κ2) is 2.84. The quantitative estimate of drug-likeness (QED) is 0.537. The maximum absolute atomic E-state index is 10.8. The number of hydrogen-bond acceptors (Lipinski definition) is 2. The van der Waals surface area contributed by atoms with Gasteiger partial charge in [0.15, 0.2) is 5.78 Å².